The molecule has 0 bridgehead atoms. The van der Waals surface area contributed by atoms with Gasteiger partial charge in [0.15, 0.2) is 0 Å². The number of hydrogen-bond acceptors (Lipinski definition) is 4. The summed E-state index contributed by atoms with van der Waals surface area (Å²) in [7, 11) is 0. The number of aryl methyl sites for hydroxylation is 2. The molecular formula is C24H25NO3. The second kappa shape index (κ2) is 6.78. The Morgan fingerprint density at radius 1 is 1.14 bits per heavy atom. The van der Waals surface area contributed by atoms with Gasteiger partial charge in [0.2, 0.25) is 0 Å². The molecule has 0 saturated carbocycles. The third-order valence-electron chi connectivity index (χ3n) is 6.21. The van der Waals surface area contributed by atoms with Gasteiger partial charge in [0.05, 0.1) is 0 Å². The Labute approximate surface area is 164 Å². The van der Waals surface area contributed by atoms with Gasteiger partial charge in [-0.05, 0) is 49.3 Å². The van der Waals surface area contributed by atoms with E-state index < -0.39 is 0 Å². The highest BCUT2D eigenvalue weighted by Gasteiger charge is 2.26. The Balaban J connectivity index is 1.49. The zero-order valence-corrected chi connectivity index (χ0v) is 16.5. The van der Waals surface area contributed by atoms with Crippen LogP contribution >= 0.6 is 0 Å². The third-order valence-corrected chi connectivity index (χ3v) is 6.21. The molecule has 1 aromatic heterocycles. The van der Waals surface area contributed by atoms with Crippen molar-refractivity contribution in [2.75, 3.05) is 13.3 Å². The number of nitrogens with zero attached hydrogens (tertiary/aromatic N) is 1. The molecule has 3 aromatic rings. The molecule has 0 unspecified atom stereocenters. The lowest BCUT2D eigenvalue weighted by atomic mass is 9.98. The first-order valence-electron chi connectivity index (χ1n) is 10.1. The van der Waals surface area contributed by atoms with Gasteiger partial charge in [-0.15, -0.1) is 0 Å². The molecule has 0 spiro atoms. The van der Waals surface area contributed by atoms with Crippen LogP contribution in [0.15, 0.2) is 45.6 Å². The fraction of sp³-hybridized carbons (Fsp3) is 0.375. The van der Waals surface area contributed by atoms with Gasteiger partial charge < -0.3 is 9.15 Å². The van der Waals surface area contributed by atoms with Gasteiger partial charge >= 0.3 is 5.63 Å². The topological polar surface area (TPSA) is 42.7 Å². The highest BCUT2D eigenvalue weighted by molar-refractivity contribution is 5.87. The van der Waals surface area contributed by atoms with Crippen LogP contribution in [0.3, 0.4) is 0 Å². The Morgan fingerprint density at radius 2 is 1.93 bits per heavy atom. The fourth-order valence-corrected chi connectivity index (χ4v) is 4.78. The monoisotopic (exact) mass is 375 g/mol. The number of hydrogen-bond donors (Lipinski definition) is 0. The molecule has 4 heteroatoms. The summed E-state index contributed by atoms with van der Waals surface area (Å²) in [4.78, 5) is 14.7. The molecule has 5 rings (SSSR count). The van der Waals surface area contributed by atoms with Crippen LogP contribution in [0.5, 0.6) is 5.75 Å². The lowest BCUT2D eigenvalue weighted by molar-refractivity contribution is 0.0900. The van der Waals surface area contributed by atoms with E-state index in [9.17, 15) is 4.79 Å². The zero-order valence-electron chi connectivity index (χ0n) is 16.5. The summed E-state index contributed by atoms with van der Waals surface area (Å²) < 4.78 is 11.8. The summed E-state index contributed by atoms with van der Waals surface area (Å²) in [5, 5.41) is 1.10. The van der Waals surface area contributed by atoms with E-state index in [0.29, 0.717) is 18.2 Å². The van der Waals surface area contributed by atoms with Crippen LogP contribution in [-0.2, 0) is 19.4 Å². The van der Waals surface area contributed by atoms with Crippen molar-refractivity contribution in [1.29, 1.82) is 0 Å². The van der Waals surface area contributed by atoms with Crippen LogP contribution in [-0.4, -0.2) is 18.2 Å². The number of fused-ring (bicyclic) bond motifs is 4. The molecule has 4 nitrogen and oxygen atoms in total. The van der Waals surface area contributed by atoms with Crippen LogP contribution in [0, 0.1) is 6.92 Å². The van der Waals surface area contributed by atoms with Crippen molar-refractivity contribution >= 4 is 11.0 Å². The largest absolute Gasteiger partial charge is 0.477 e. The highest BCUT2D eigenvalue weighted by atomic mass is 16.5. The molecule has 28 heavy (non-hydrogen) atoms. The molecule has 0 amide bonds. The van der Waals surface area contributed by atoms with Gasteiger partial charge in [0.1, 0.15) is 18.1 Å². The molecule has 0 fully saturated rings. The predicted molar refractivity (Wildman–Crippen MR) is 110 cm³/mol. The van der Waals surface area contributed by atoms with E-state index in [1.165, 1.54) is 16.7 Å². The SMILES string of the molecule is Cc1c2c(cc3c4c(c(=O)oc13)CCC4)CN(C[C@@H](C)c1ccccc1)CO2. The summed E-state index contributed by atoms with van der Waals surface area (Å²) in [6.45, 7) is 6.64. The maximum atomic E-state index is 12.3. The summed E-state index contributed by atoms with van der Waals surface area (Å²) in [6, 6.07) is 12.8. The first-order chi connectivity index (χ1) is 13.6. The molecule has 1 aliphatic heterocycles. The molecule has 2 heterocycles. The average molecular weight is 375 g/mol. The van der Waals surface area contributed by atoms with E-state index in [4.69, 9.17) is 9.15 Å². The van der Waals surface area contributed by atoms with Gasteiger partial charge in [0, 0.05) is 35.2 Å². The van der Waals surface area contributed by atoms with Gasteiger partial charge in [-0.25, -0.2) is 4.79 Å². The van der Waals surface area contributed by atoms with E-state index in [0.717, 1.165) is 54.6 Å². The van der Waals surface area contributed by atoms with E-state index in [2.05, 4.69) is 48.2 Å². The second-order valence-corrected chi connectivity index (χ2v) is 8.16. The van der Waals surface area contributed by atoms with Gasteiger partial charge in [-0.2, -0.15) is 0 Å². The van der Waals surface area contributed by atoms with Crippen molar-refractivity contribution in [3.63, 3.8) is 0 Å². The minimum absolute atomic E-state index is 0.169. The second-order valence-electron chi connectivity index (χ2n) is 8.16. The normalized spacial score (nSPS) is 17.2. The zero-order chi connectivity index (χ0) is 19.3. The molecule has 1 atom stereocenters. The average Bonchev–Trinajstić information content (AvgIpc) is 3.21. The van der Waals surface area contributed by atoms with Crippen LogP contribution < -0.4 is 10.4 Å². The molecule has 144 valence electrons. The molecule has 0 N–H and O–H groups in total. The van der Waals surface area contributed by atoms with E-state index in [-0.39, 0.29) is 5.63 Å². The first kappa shape index (κ1) is 17.5. The highest BCUT2D eigenvalue weighted by Crippen LogP contribution is 2.38. The quantitative estimate of drug-likeness (QED) is 0.630. The Bertz CT molecular complexity index is 1100. The van der Waals surface area contributed by atoms with Gasteiger partial charge in [-0.3, -0.25) is 4.90 Å². The Hall–Kier alpha value is -2.59. The number of ether oxygens (including phenoxy) is 1. The van der Waals surface area contributed by atoms with E-state index in [1.807, 2.05) is 6.92 Å². The molecule has 0 radical (unpaired) electrons. The fourth-order valence-electron chi connectivity index (χ4n) is 4.78. The van der Waals surface area contributed by atoms with Crippen molar-refractivity contribution in [2.24, 2.45) is 0 Å². The van der Waals surface area contributed by atoms with Crippen molar-refractivity contribution in [1.82, 2.24) is 4.90 Å². The maximum absolute atomic E-state index is 12.3. The lowest BCUT2D eigenvalue weighted by Crippen LogP contribution is -2.35. The lowest BCUT2D eigenvalue weighted by Gasteiger charge is -2.32. The Morgan fingerprint density at radius 3 is 2.75 bits per heavy atom. The van der Waals surface area contributed by atoms with Crippen LogP contribution in [0.2, 0.25) is 0 Å². The van der Waals surface area contributed by atoms with Gasteiger partial charge in [-0.1, -0.05) is 37.3 Å². The summed E-state index contributed by atoms with van der Waals surface area (Å²) in [6.07, 6.45) is 2.83. The standard InChI is InChI=1S/C24H25NO3/c1-15(17-7-4-3-5-8-17)12-25-13-18-11-21-19-9-6-10-20(19)24(26)28-23(21)16(2)22(18)27-14-25/h3-5,7-8,11,15H,6,9-10,12-14H2,1-2H3/t15-/m1/s1. The van der Waals surface area contributed by atoms with E-state index >= 15 is 0 Å². The predicted octanol–water partition coefficient (Wildman–Crippen LogP) is 4.55. The molecular weight excluding hydrogens is 350 g/mol. The van der Waals surface area contributed by atoms with Crippen LogP contribution in [0.1, 0.15) is 47.1 Å². The number of rotatable bonds is 3. The van der Waals surface area contributed by atoms with Crippen molar-refractivity contribution in [2.45, 2.75) is 45.6 Å². The van der Waals surface area contributed by atoms with Crippen molar-refractivity contribution < 1.29 is 9.15 Å². The minimum Gasteiger partial charge on any atom is -0.477 e. The molecule has 2 aromatic carbocycles. The van der Waals surface area contributed by atoms with Crippen molar-refractivity contribution in [3.8, 4) is 5.75 Å². The summed E-state index contributed by atoms with van der Waals surface area (Å²) in [5.41, 5.74) is 6.09. The van der Waals surface area contributed by atoms with Gasteiger partial charge in [0.25, 0.3) is 0 Å². The van der Waals surface area contributed by atoms with Crippen LogP contribution in [0.4, 0.5) is 0 Å². The first-order valence-corrected chi connectivity index (χ1v) is 10.1. The smallest absolute Gasteiger partial charge is 0.339 e. The van der Waals surface area contributed by atoms with Crippen LogP contribution in [0.25, 0.3) is 11.0 Å². The van der Waals surface area contributed by atoms with Crippen molar-refractivity contribution in [3.05, 3.63) is 74.6 Å². The summed E-state index contributed by atoms with van der Waals surface area (Å²) >= 11 is 0. The molecule has 1 aliphatic carbocycles. The van der Waals surface area contributed by atoms with E-state index in [1.54, 1.807) is 0 Å². The molecule has 0 saturated heterocycles. The minimum atomic E-state index is -0.169. The number of benzene rings is 2. The summed E-state index contributed by atoms with van der Waals surface area (Å²) in [5.74, 6) is 1.33. The molecule has 2 aliphatic rings. The third kappa shape index (κ3) is 2.83. The Kier molecular flexibility index (Phi) is 4.24. The maximum Gasteiger partial charge on any atom is 0.339 e.